The Balaban J connectivity index is 1.75. The minimum Gasteiger partial charge on any atom is -0.487 e. The number of sulfonamides is 1. The van der Waals surface area contributed by atoms with Gasteiger partial charge in [-0.15, -0.1) is 11.3 Å². The van der Waals surface area contributed by atoms with Crippen LogP contribution in [0.1, 0.15) is 36.2 Å². The number of thiazole rings is 1. The van der Waals surface area contributed by atoms with Gasteiger partial charge in [0.2, 0.25) is 4.34 Å². The van der Waals surface area contributed by atoms with Crippen LogP contribution in [-0.2, 0) is 21.4 Å². The topological polar surface area (TPSA) is 96.8 Å². The van der Waals surface area contributed by atoms with Crippen molar-refractivity contribution in [2.24, 2.45) is 0 Å². The molecule has 0 aliphatic heterocycles. The van der Waals surface area contributed by atoms with E-state index in [4.69, 9.17) is 9.84 Å². The highest BCUT2D eigenvalue weighted by Crippen LogP contribution is 2.38. The van der Waals surface area contributed by atoms with Crippen molar-refractivity contribution in [3.05, 3.63) is 88.4 Å². The highest BCUT2D eigenvalue weighted by atomic mass is 32.2. The van der Waals surface area contributed by atoms with Crippen LogP contribution in [0.2, 0.25) is 0 Å². The van der Waals surface area contributed by atoms with E-state index in [1.165, 1.54) is 10.4 Å². The van der Waals surface area contributed by atoms with Crippen LogP contribution in [0, 0.1) is 13.8 Å². The quantitative estimate of drug-likeness (QED) is 0.256. The number of carbonyl (C=O) groups is 1. The second-order valence-corrected chi connectivity index (χ2v) is 11.8. The molecule has 0 amide bonds. The molecule has 7 nitrogen and oxygen atoms in total. The van der Waals surface area contributed by atoms with Crippen LogP contribution in [0.4, 0.5) is 5.69 Å². The van der Waals surface area contributed by atoms with Gasteiger partial charge in [-0.25, -0.2) is 9.78 Å². The fourth-order valence-corrected chi connectivity index (χ4v) is 6.80. The van der Waals surface area contributed by atoms with Gasteiger partial charge in [-0.2, -0.15) is 8.42 Å². The molecule has 0 radical (unpaired) electrons. The number of rotatable bonds is 9. The summed E-state index contributed by atoms with van der Waals surface area (Å²) in [7, 11) is -3.93. The van der Waals surface area contributed by atoms with E-state index in [1.54, 1.807) is 12.3 Å². The van der Waals surface area contributed by atoms with E-state index >= 15 is 0 Å². The van der Waals surface area contributed by atoms with Crippen molar-refractivity contribution in [2.45, 2.75) is 44.7 Å². The Hall–Kier alpha value is -3.69. The lowest BCUT2D eigenvalue weighted by Crippen LogP contribution is -2.37. The van der Waals surface area contributed by atoms with Crippen molar-refractivity contribution in [1.29, 1.82) is 0 Å². The number of carboxylic acids is 1. The summed E-state index contributed by atoms with van der Waals surface area (Å²) < 4.78 is 35.1. The fraction of sp³-hybridized carbons (Fsp3) is 0.214. The Kier molecular flexibility index (Phi) is 7.65. The fourth-order valence-electron chi connectivity index (χ4n) is 4.02. The summed E-state index contributed by atoms with van der Waals surface area (Å²) in [5, 5.41) is 12.4. The van der Waals surface area contributed by atoms with E-state index in [9.17, 15) is 13.2 Å². The molecule has 0 aliphatic rings. The predicted octanol–water partition coefficient (Wildman–Crippen LogP) is 6.19. The Morgan fingerprint density at radius 2 is 1.81 bits per heavy atom. The Labute approximate surface area is 220 Å². The molecule has 37 heavy (non-hydrogen) atoms. The number of aliphatic carboxylic acids is 1. The van der Waals surface area contributed by atoms with Crippen molar-refractivity contribution in [3.63, 3.8) is 0 Å². The maximum Gasteiger partial charge on any atom is 0.328 e. The summed E-state index contributed by atoms with van der Waals surface area (Å²) in [5.41, 5.74) is 3.70. The monoisotopic (exact) mass is 536 g/mol. The second-order valence-electron chi connectivity index (χ2n) is 8.96. The van der Waals surface area contributed by atoms with Gasteiger partial charge < -0.3 is 9.84 Å². The van der Waals surface area contributed by atoms with Gasteiger partial charge in [0.15, 0.2) is 0 Å². The molecule has 0 unspecified atom stereocenters. The Bertz CT molecular complexity index is 1590. The van der Waals surface area contributed by atoms with Crippen molar-refractivity contribution in [2.75, 3.05) is 4.31 Å². The molecule has 1 N–H and O–H groups in total. The number of benzene rings is 3. The minimum absolute atomic E-state index is 0.0404. The molecule has 3 aromatic carbocycles. The van der Waals surface area contributed by atoms with Crippen molar-refractivity contribution in [1.82, 2.24) is 4.98 Å². The van der Waals surface area contributed by atoms with Crippen molar-refractivity contribution in [3.8, 4) is 5.75 Å². The standard InChI is InChI=1S/C28H28N2O5S2/c1-18(2)30(37(33,34)28-29-20(4)17-36-28)25-14-22-7-5-6-8-23(22)15-26(25)35-16-24-11-9-21(13-19(24)3)10-12-27(31)32/h5-15,17-18H,16H2,1-4H3,(H,31,32). The number of anilines is 1. The average molecular weight is 537 g/mol. The molecule has 0 fully saturated rings. The van der Waals surface area contributed by atoms with E-state index in [2.05, 4.69) is 4.98 Å². The molecule has 192 valence electrons. The molecular formula is C28H28N2O5S2. The average Bonchev–Trinajstić information content (AvgIpc) is 3.29. The lowest BCUT2D eigenvalue weighted by Gasteiger charge is -2.29. The third-order valence-electron chi connectivity index (χ3n) is 5.78. The summed E-state index contributed by atoms with van der Waals surface area (Å²) in [4.78, 5) is 15.1. The van der Waals surface area contributed by atoms with Crippen LogP contribution in [-0.4, -0.2) is 30.5 Å². The zero-order valence-electron chi connectivity index (χ0n) is 21.0. The summed E-state index contributed by atoms with van der Waals surface area (Å²) in [6, 6.07) is 16.6. The Morgan fingerprint density at radius 1 is 1.11 bits per heavy atom. The molecule has 0 aliphatic carbocycles. The van der Waals surface area contributed by atoms with E-state index < -0.39 is 16.0 Å². The van der Waals surface area contributed by atoms with Gasteiger partial charge in [0.25, 0.3) is 10.0 Å². The van der Waals surface area contributed by atoms with Crippen LogP contribution in [0.15, 0.2) is 70.4 Å². The molecule has 0 spiro atoms. The molecular weight excluding hydrogens is 508 g/mol. The zero-order valence-corrected chi connectivity index (χ0v) is 22.6. The van der Waals surface area contributed by atoms with Crippen LogP contribution in [0.5, 0.6) is 5.75 Å². The molecule has 0 atom stereocenters. The number of carboxylic acid groups (broad SMARTS) is 1. The molecule has 4 rings (SSSR count). The van der Waals surface area contributed by atoms with Gasteiger partial charge in [-0.3, -0.25) is 4.31 Å². The van der Waals surface area contributed by atoms with Gasteiger partial charge in [0.1, 0.15) is 12.4 Å². The third-order valence-corrected chi connectivity index (χ3v) is 9.12. The first-order valence-corrected chi connectivity index (χ1v) is 14.0. The third kappa shape index (κ3) is 5.84. The number of hydrogen-bond acceptors (Lipinski definition) is 6. The first-order chi connectivity index (χ1) is 17.6. The van der Waals surface area contributed by atoms with Gasteiger partial charge in [0.05, 0.1) is 5.69 Å². The van der Waals surface area contributed by atoms with Crippen molar-refractivity contribution < 1.29 is 23.1 Å². The number of aryl methyl sites for hydroxylation is 2. The smallest absolute Gasteiger partial charge is 0.328 e. The van der Waals surface area contributed by atoms with Gasteiger partial charge >= 0.3 is 5.97 Å². The second kappa shape index (κ2) is 10.7. The number of ether oxygens (including phenoxy) is 1. The molecule has 0 bridgehead atoms. The number of nitrogens with zero attached hydrogens (tertiary/aromatic N) is 2. The minimum atomic E-state index is -3.93. The van der Waals surface area contributed by atoms with Crippen LogP contribution in [0.25, 0.3) is 16.8 Å². The number of aromatic nitrogens is 1. The van der Waals surface area contributed by atoms with E-state index in [0.717, 1.165) is 44.9 Å². The van der Waals surface area contributed by atoms with E-state index in [0.29, 0.717) is 17.1 Å². The maximum atomic E-state index is 13.7. The molecule has 1 heterocycles. The molecule has 9 heteroatoms. The van der Waals surface area contributed by atoms with Crippen LogP contribution < -0.4 is 9.04 Å². The summed E-state index contributed by atoms with van der Waals surface area (Å²) >= 11 is 1.10. The summed E-state index contributed by atoms with van der Waals surface area (Å²) in [6.45, 7) is 7.55. The molecule has 0 saturated carbocycles. The van der Waals surface area contributed by atoms with Gasteiger partial charge in [0, 0.05) is 23.2 Å². The highest BCUT2D eigenvalue weighted by Gasteiger charge is 2.32. The SMILES string of the molecule is Cc1csc(S(=O)(=O)N(c2cc3ccccc3cc2OCc2ccc(C=CC(=O)O)cc2C)C(C)C)n1. The van der Waals surface area contributed by atoms with Crippen LogP contribution in [0.3, 0.4) is 0 Å². The highest BCUT2D eigenvalue weighted by molar-refractivity contribution is 7.94. The first-order valence-electron chi connectivity index (χ1n) is 11.7. The normalized spacial score (nSPS) is 11.9. The predicted molar refractivity (Wildman–Crippen MR) is 148 cm³/mol. The number of hydrogen-bond donors (Lipinski definition) is 1. The van der Waals surface area contributed by atoms with E-state index in [-0.39, 0.29) is 17.0 Å². The van der Waals surface area contributed by atoms with Gasteiger partial charge in [-0.1, -0.05) is 42.5 Å². The summed E-state index contributed by atoms with van der Waals surface area (Å²) in [5.74, 6) is -0.565. The largest absolute Gasteiger partial charge is 0.487 e. The van der Waals surface area contributed by atoms with Crippen molar-refractivity contribution >= 4 is 49.9 Å². The van der Waals surface area contributed by atoms with Crippen LogP contribution >= 0.6 is 11.3 Å². The van der Waals surface area contributed by atoms with Gasteiger partial charge in [-0.05, 0) is 73.4 Å². The Morgan fingerprint density at radius 3 is 2.41 bits per heavy atom. The van der Waals surface area contributed by atoms with E-state index in [1.807, 2.05) is 75.4 Å². The molecule has 4 aromatic rings. The molecule has 1 aromatic heterocycles. The summed E-state index contributed by atoms with van der Waals surface area (Å²) in [6.07, 6.45) is 2.63. The first kappa shape index (κ1) is 26.4. The lowest BCUT2D eigenvalue weighted by atomic mass is 10.1. The maximum absolute atomic E-state index is 13.7. The zero-order chi connectivity index (χ0) is 26.7. The lowest BCUT2D eigenvalue weighted by molar-refractivity contribution is -0.131. The molecule has 0 saturated heterocycles. The number of fused-ring (bicyclic) bond motifs is 1.